The largest absolute Gasteiger partial charge is 0.480 e. The van der Waals surface area contributed by atoms with Crippen LogP contribution in [0.2, 0.25) is 0 Å². The average molecular weight is 239 g/mol. The molecule has 0 aromatic carbocycles. The molecule has 0 aliphatic carbocycles. The monoisotopic (exact) mass is 239 g/mol. The summed E-state index contributed by atoms with van der Waals surface area (Å²) in [5.74, 6) is 2.23. The Labute approximate surface area is 98.3 Å². The molecule has 0 bridgehead atoms. The fourth-order valence-electron chi connectivity index (χ4n) is 1.16. The van der Waals surface area contributed by atoms with Crippen molar-refractivity contribution in [2.24, 2.45) is 0 Å². The van der Waals surface area contributed by atoms with Crippen LogP contribution in [0, 0.1) is 12.3 Å². The zero-order valence-corrected chi connectivity index (χ0v) is 9.83. The van der Waals surface area contributed by atoms with E-state index in [2.05, 4.69) is 15.3 Å². The molecule has 1 rings (SSSR count). The summed E-state index contributed by atoms with van der Waals surface area (Å²) in [6.45, 7) is 2.12. The van der Waals surface area contributed by atoms with Crippen LogP contribution in [0.5, 0.6) is 0 Å². The molecule has 1 aromatic rings. The Kier molecular flexibility index (Phi) is 4.73. The highest BCUT2D eigenvalue weighted by Crippen LogP contribution is 2.17. The molecule has 0 spiro atoms. The first-order valence-electron chi connectivity index (χ1n) is 4.90. The zero-order valence-electron chi connectivity index (χ0n) is 9.01. The smallest absolute Gasteiger partial charge is 0.323 e. The molecule has 0 amide bonds. The summed E-state index contributed by atoms with van der Waals surface area (Å²) in [5.41, 5.74) is 0. The van der Waals surface area contributed by atoms with Crippen LogP contribution in [0.25, 0.3) is 0 Å². The Morgan fingerprint density at radius 1 is 1.69 bits per heavy atom. The molecule has 0 saturated carbocycles. The van der Waals surface area contributed by atoms with E-state index in [1.54, 1.807) is 0 Å². The number of carboxylic acids is 1. The second kappa shape index (κ2) is 6.08. The van der Waals surface area contributed by atoms with E-state index in [1.165, 1.54) is 16.4 Å². The quantitative estimate of drug-likeness (QED) is 0.751. The number of hydrogen-bond acceptors (Lipinski definition) is 5. The summed E-state index contributed by atoms with van der Waals surface area (Å²) in [6.07, 6.45) is 6.94. The van der Waals surface area contributed by atoms with Crippen molar-refractivity contribution in [3.05, 3.63) is 5.82 Å². The highest BCUT2D eigenvalue weighted by molar-refractivity contribution is 7.09. The van der Waals surface area contributed by atoms with Crippen molar-refractivity contribution in [1.82, 2.24) is 9.36 Å². The van der Waals surface area contributed by atoms with Gasteiger partial charge in [-0.15, -0.1) is 6.42 Å². The number of nitrogens with zero attached hydrogens (tertiary/aromatic N) is 3. The highest BCUT2D eigenvalue weighted by atomic mass is 32.1. The van der Waals surface area contributed by atoms with Crippen molar-refractivity contribution < 1.29 is 9.90 Å². The van der Waals surface area contributed by atoms with E-state index < -0.39 is 5.97 Å². The molecule has 0 unspecified atom stereocenters. The van der Waals surface area contributed by atoms with Gasteiger partial charge in [-0.3, -0.25) is 4.79 Å². The number of carboxylic acid groups (broad SMARTS) is 1. The van der Waals surface area contributed by atoms with E-state index in [0.717, 1.165) is 18.7 Å². The number of anilines is 1. The molecule has 5 nitrogen and oxygen atoms in total. The van der Waals surface area contributed by atoms with Gasteiger partial charge in [-0.1, -0.05) is 12.8 Å². The van der Waals surface area contributed by atoms with Gasteiger partial charge in [0.05, 0.1) is 6.54 Å². The first kappa shape index (κ1) is 12.5. The highest BCUT2D eigenvalue weighted by Gasteiger charge is 2.14. The molecular formula is C10H13N3O2S. The van der Waals surface area contributed by atoms with Gasteiger partial charge < -0.3 is 10.0 Å². The summed E-state index contributed by atoms with van der Waals surface area (Å²) in [5, 5.41) is 9.30. The maximum Gasteiger partial charge on any atom is 0.323 e. The fourth-order valence-corrected chi connectivity index (χ4v) is 1.87. The Bertz CT molecular complexity index is 397. The predicted molar refractivity (Wildman–Crippen MR) is 62.6 cm³/mol. The number of aromatic nitrogens is 2. The number of rotatable bonds is 6. The van der Waals surface area contributed by atoms with Gasteiger partial charge >= 0.3 is 5.97 Å². The first-order valence-corrected chi connectivity index (χ1v) is 5.67. The third kappa shape index (κ3) is 3.51. The number of terminal acetylenes is 1. The standard InChI is InChI=1S/C10H13N3O2S/c1-3-5-8-11-10(16-12-8)13(6-4-2)7-9(14)15/h2H,3,5-7H2,1H3,(H,14,15). The molecule has 0 radical (unpaired) electrons. The lowest BCUT2D eigenvalue weighted by atomic mass is 10.3. The van der Waals surface area contributed by atoms with Crippen molar-refractivity contribution in [3.8, 4) is 12.3 Å². The second-order valence-electron chi connectivity index (χ2n) is 3.20. The van der Waals surface area contributed by atoms with E-state index >= 15 is 0 Å². The lowest BCUT2D eigenvalue weighted by Crippen LogP contribution is -2.29. The van der Waals surface area contributed by atoms with Gasteiger partial charge in [0.1, 0.15) is 12.4 Å². The molecule has 6 heteroatoms. The minimum absolute atomic E-state index is 0.148. The maximum absolute atomic E-state index is 10.6. The molecule has 16 heavy (non-hydrogen) atoms. The predicted octanol–water partition coefficient (Wildman–Crippen LogP) is 1.01. The van der Waals surface area contributed by atoms with Gasteiger partial charge in [-0.25, -0.2) is 4.98 Å². The topological polar surface area (TPSA) is 66.3 Å². The number of hydrogen-bond donors (Lipinski definition) is 1. The summed E-state index contributed by atoms with van der Waals surface area (Å²) in [4.78, 5) is 16.4. The van der Waals surface area contributed by atoms with Gasteiger partial charge in [0, 0.05) is 18.0 Å². The lowest BCUT2D eigenvalue weighted by molar-refractivity contribution is -0.135. The molecule has 1 aromatic heterocycles. The van der Waals surface area contributed by atoms with Gasteiger partial charge in [0.2, 0.25) is 5.13 Å². The number of carbonyl (C=O) groups is 1. The fraction of sp³-hybridized carbons (Fsp3) is 0.500. The molecule has 0 fully saturated rings. The van der Waals surface area contributed by atoms with Crippen LogP contribution in [0.1, 0.15) is 19.2 Å². The van der Waals surface area contributed by atoms with E-state index in [0.29, 0.717) is 5.13 Å². The third-order valence-electron chi connectivity index (χ3n) is 1.81. The van der Waals surface area contributed by atoms with Crippen molar-refractivity contribution in [1.29, 1.82) is 0 Å². The Hall–Kier alpha value is -1.61. The lowest BCUT2D eigenvalue weighted by Gasteiger charge is -2.15. The number of aliphatic carboxylic acids is 1. The van der Waals surface area contributed by atoms with E-state index in [1.807, 2.05) is 6.92 Å². The summed E-state index contributed by atoms with van der Waals surface area (Å²) < 4.78 is 4.14. The van der Waals surface area contributed by atoms with E-state index in [-0.39, 0.29) is 13.1 Å². The molecule has 0 atom stereocenters. The Balaban J connectivity index is 2.76. The van der Waals surface area contributed by atoms with Crippen LogP contribution in [0.3, 0.4) is 0 Å². The van der Waals surface area contributed by atoms with Crippen molar-refractivity contribution in [2.75, 3.05) is 18.0 Å². The van der Waals surface area contributed by atoms with Gasteiger partial charge in [0.15, 0.2) is 0 Å². The molecule has 86 valence electrons. The average Bonchev–Trinajstić information content (AvgIpc) is 2.66. The van der Waals surface area contributed by atoms with Gasteiger partial charge in [-0.2, -0.15) is 4.37 Å². The molecule has 1 heterocycles. The van der Waals surface area contributed by atoms with Crippen LogP contribution >= 0.6 is 11.5 Å². The molecule has 1 N–H and O–H groups in total. The molecule has 0 aliphatic heterocycles. The number of aryl methyl sites for hydroxylation is 1. The van der Waals surface area contributed by atoms with Crippen molar-refractivity contribution >= 4 is 22.6 Å². The molecule has 0 aliphatic rings. The Morgan fingerprint density at radius 2 is 2.44 bits per heavy atom. The van der Waals surface area contributed by atoms with E-state index in [4.69, 9.17) is 11.5 Å². The van der Waals surface area contributed by atoms with Crippen LogP contribution in [-0.4, -0.2) is 33.5 Å². The van der Waals surface area contributed by atoms with Crippen molar-refractivity contribution in [3.63, 3.8) is 0 Å². The Morgan fingerprint density at radius 3 is 3.00 bits per heavy atom. The van der Waals surface area contributed by atoms with Crippen LogP contribution < -0.4 is 4.90 Å². The van der Waals surface area contributed by atoms with E-state index in [9.17, 15) is 4.79 Å². The first-order chi connectivity index (χ1) is 7.67. The van der Waals surface area contributed by atoms with Gasteiger partial charge in [-0.05, 0) is 6.42 Å². The van der Waals surface area contributed by atoms with Crippen molar-refractivity contribution in [2.45, 2.75) is 19.8 Å². The zero-order chi connectivity index (χ0) is 12.0. The summed E-state index contributed by atoms with van der Waals surface area (Å²) in [6, 6.07) is 0. The molecular weight excluding hydrogens is 226 g/mol. The third-order valence-corrected chi connectivity index (χ3v) is 2.62. The summed E-state index contributed by atoms with van der Waals surface area (Å²) >= 11 is 1.19. The van der Waals surface area contributed by atoms with Crippen LogP contribution in [0.4, 0.5) is 5.13 Å². The maximum atomic E-state index is 10.6. The van der Waals surface area contributed by atoms with Crippen LogP contribution in [-0.2, 0) is 11.2 Å². The minimum atomic E-state index is -0.928. The van der Waals surface area contributed by atoms with Gasteiger partial charge in [0.25, 0.3) is 0 Å². The molecule has 0 saturated heterocycles. The van der Waals surface area contributed by atoms with Crippen LogP contribution in [0.15, 0.2) is 0 Å². The SMILES string of the molecule is C#CCN(CC(=O)O)c1nc(CCC)ns1. The normalized spacial score (nSPS) is 9.75. The second-order valence-corrected chi connectivity index (χ2v) is 3.93. The summed E-state index contributed by atoms with van der Waals surface area (Å²) in [7, 11) is 0. The minimum Gasteiger partial charge on any atom is -0.480 e.